The molecule has 11 heteroatoms. The standard InChI is InChI=1S/C16H15ClF2N6O.ClH/c17-10-4-3-7-21-13(10)25-11(12(18)19)9(8-22-25)14-23-15(24-26-14)16(20)5-1-2-6-16;/h3-4,7-8,12H,1-2,5-6,20H2;1H. The molecular weight excluding hydrogens is 401 g/mol. The van der Waals surface area contributed by atoms with Crippen LogP contribution in [0, 0.1) is 0 Å². The number of rotatable bonds is 4. The third-order valence-corrected chi connectivity index (χ3v) is 4.85. The minimum absolute atomic E-state index is 0. The minimum atomic E-state index is -2.85. The zero-order chi connectivity index (χ0) is 18.3. The van der Waals surface area contributed by atoms with Crippen molar-refractivity contribution in [3.05, 3.63) is 41.1 Å². The van der Waals surface area contributed by atoms with Crippen LogP contribution < -0.4 is 5.73 Å². The lowest BCUT2D eigenvalue weighted by Gasteiger charge is -2.17. The normalized spacial score (nSPS) is 15.9. The highest BCUT2D eigenvalue weighted by molar-refractivity contribution is 6.32. The summed E-state index contributed by atoms with van der Waals surface area (Å²) in [5, 5.41) is 8.11. The summed E-state index contributed by atoms with van der Waals surface area (Å²) < 4.78 is 33.7. The molecule has 2 N–H and O–H groups in total. The van der Waals surface area contributed by atoms with Gasteiger partial charge in [-0.2, -0.15) is 10.1 Å². The molecule has 0 bridgehead atoms. The maximum Gasteiger partial charge on any atom is 0.281 e. The molecule has 0 amide bonds. The smallest absolute Gasteiger partial charge is 0.281 e. The van der Waals surface area contributed by atoms with Gasteiger partial charge in [0.2, 0.25) is 0 Å². The van der Waals surface area contributed by atoms with Gasteiger partial charge in [0.1, 0.15) is 5.69 Å². The van der Waals surface area contributed by atoms with Crippen LogP contribution in [0.4, 0.5) is 8.78 Å². The molecule has 0 aliphatic heterocycles. The predicted octanol–water partition coefficient (Wildman–Crippen LogP) is 4.06. The molecule has 1 aliphatic carbocycles. The second-order valence-electron chi connectivity index (χ2n) is 6.25. The Morgan fingerprint density at radius 2 is 2.04 bits per heavy atom. The molecule has 1 fully saturated rings. The Morgan fingerprint density at radius 1 is 1.30 bits per heavy atom. The summed E-state index contributed by atoms with van der Waals surface area (Å²) in [5.41, 5.74) is 5.24. The summed E-state index contributed by atoms with van der Waals surface area (Å²) >= 11 is 6.06. The van der Waals surface area contributed by atoms with Gasteiger partial charge in [0, 0.05) is 6.20 Å². The number of halogens is 4. The molecule has 0 saturated heterocycles. The summed E-state index contributed by atoms with van der Waals surface area (Å²) in [4.78, 5) is 8.29. The molecule has 7 nitrogen and oxygen atoms in total. The number of nitrogens with zero attached hydrogens (tertiary/aromatic N) is 5. The van der Waals surface area contributed by atoms with E-state index >= 15 is 0 Å². The van der Waals surface area contributed by atoms with E-state index in [9.17, 15) is 8.78 Å². The summed E-state index contributed by atoms with van der Waals surface area (Å²) in [6.07, 6.45) is 3.24. The topological polar surface area (TPSA) is 95.7 Å². The zero-order valence-electron chi connectivity index (χ0n) is 14.0. The number of hydrogen-bond donors (Lipinski definition) is 1. The molecule has 1 aliphatic rings. The molecule has 3 aromatic heterocycles. The third kappa shape index (κ3) is 3.42. The number of nitrogens with two attached hydrogens (primary N) is 1. The van der Waals surface area contributed by atoms with E-state index in [0.29, 0.717) is 5.82 Å². The van der Waals surface area contributed by atoms with E-state index in [0.717, 1.165) is 30.4 Å². The van der Waals surface area contributed by atoms with Crippen molar-refractivity contribution in [3.63, 3.8) is 0 Å². The molecule has 0 aromatic carbocycles. The fourth-order valence-electron chi connectivity index (χ4n) is 3.20. The fraction of sp³-hybridized carbons (Fsp3) is 0.375. The lowest BCUT2D eigenvalue weighted by Crippen LogP contribution is -2.34. The Labute approximate surface area is 164 Å². The number of alkyl halides is 2. The SMILES string of the molecule is Cl.NC1(c2noc(-c3cnn(-c4ncccc4Cl)c3C(F)F)n2)CCCC1. The van der Waals surface area contributed by atoms with Crippen LogP contribution in [0.2, 0.25) is 5.02 Å². The van der Waals surface area contributed by atoms with Crippen molar-refractivity contribution >= 4 is 24.0 Å². The highest BCUT2D eigenvalue weighted by atomic mass is 35.5. The van der Waals surface area contributed by atoms with Crippen molar-refractivity contribution < 1.29 is 13.3 Å². The first-order chi connectivity index (χ1) is 12.5. The lowest BCUT2D eigenvalue weighted by molar-refractivity contribution is 0.143. The van der Waals surface area contributed by atoms with E-state index in [4.69, 9.17) is 21.9 Å². The van der Waals surface area contributed by atoms with Crippen molar-refractivity contribution in [2.75, 3.05) is 0 Å². The van der Waals surface area contributed by atoms with Crippen molar-refractivity contribution in [2.24, 2.45) is 5.73 Å². The molecule has 27 heavy (non-hydrogen) atoms. The van der Waals surface area contributed by atoms with Gasteiger partial charge < -0.3 is 10.3 Å². The molecule has 0 unspecified atom stereocenters. The maximum absolute atomic E-state index is 13.8. The second kappa shape index (κ2) is 7.49. The van der Waals surface area contributed by atoms with E-state index in [2.05, 4.69) is 20.2 Å². The lowest BCUT2D eigenvalue weighted by atomic mass is 9.99. The molecular formula is C16H16Cl2F2N6O. The van der Waals surface area contributed by atoms with Gasteiger partial charge in [-0.15, -0.1) is 12.4 Å². The molecule has 0 radical (unpaired) electrons. The first-order valence-corrected chi connectivity index (χ1v) is 8.48. The van der Waals surface area contributed by atoms with Crippen molar-refractivity contribution in [3.8, 4) is 17.3 Å². The van der Waals surface area contributed by atoms with Crippen molar-refractivity contribution in [2.45, 2.75) is 37.6 Å². The van der Waals surface area contributed by atoms with E-state index in [1.165, 1.54) is 12.4 Å². The summed E-state index contributed by atoms with van der Waals surface area (Å²) in [6.45, 7) is 0. The van der Waals surface area contributed by atoms with Gasteiger partial charge in [0.05, 0.1) is 22.3 Å². The van der Waals surface area contributed by atoms with Crippen LogP contribution in [-0.4, -0.2) is 24.9 Å². The van der Waals surface area contributed by atoms with Crippen LogP contribution >= 0.6 is 24.0 Å². The van der Waals surface area contributed by atoms with Crippen LogP contribution in [0.5, 0.6) is 0 Å². The number of aromatic nitrogens is 5. The zero-order valence-corrected chi connectivity index (χ0v) is 15.6. The van der Waals surface area contributed by atoms with Crippen LogP contribution in [0.25, 0.3) is 17.3 Å². The van der Waals surface area contributed by atoms with Gasteiger partial charge in [0.25, 0.3) is 12.3 Å². The first kappa shape index (κ1) is 19.7. The number of pyridine rings is 1. The van der Waals surface area contributed by atoms with Gasteiger partial charge in [-0.1, -0.05) is 29.6 Å². The van der Waals surface area contributed by atoms with Crippen molar-refractivity contribution in [1.29, 1.82) is 0 Å². The van der Waals surface area contributed by atoms with Crippen LogP contribution in [0.1, 0.15) is 43.6 Å². The van der Waals surface area contributed by atoms with Crippen LogP contribution in [0.3, 0.4) is 0 Å². The molecule has 0 atom stereocenters. The molecule has 0 spiro atoms. The molecule has 1 saturated carbocycles. The largest absolute Gasteiger partial charge is 0.334 e. The van der Waals surface area contributed by atoms with Crippen molar-refractivity contribution in [1.82, 2.24) is 24.9 Å². The van der Waals surface area contributed by atoms with E-state index in [1.54, 1.807) is 12.1 Å². The molecule has 3 aromatic rings. The van der Waals surface area contributed by atoms with Gasteiger partial charge in [0.15, 0.2) is 11.6 Å². The fourth-order valence-corrected chi connectivity index (χ4v) is 3.40. The third-order valence-electron chi connectivity index (χ3n) is 4.55. The highest BCUT2D eigenvalue weighted by Gasteiger charge is 2.37. The minimum Gasteiger partial charge on any atom is -0.334 e. The van der Waals surface area contributed by atoms with E-state index in [-0.39, 0.29) is 34.7 Å². The second-order valence-corrected chi connectivity index (χ2v) is 6.66. The van der Waals surface area contributed by atoms with Gasteiger partial charge in [-0.3, -0.25) is 0 Å². The Kier molecular flexibility index (Phi) is 5.45. The Balaban J connectivity index is 0.00000210. The summed E-state index contributed by atoms with van der Waals surface area (Å²) in [7, 11) is 0. The average Bonchev–Trinajstić information content (AvgIpc) is 3.34. The Bertz CT molecular complexity index is 939. The van der Waals surface area contributed by atoms with E-state index in [1.807, 2.05) is 0 Å². The van der Waals surface area contributed by atoms with Crippen LogP contribution in [-0.2, 0) is 5.54 Å². The van der Waals surface area contributed by atoms with E-state index < -0.39 is 17.7 Å². The number of hydrogen-bond acceptors (Lipinski definition) is 6. The van der Waals surface area contributed by atoms with Gasteiger partial charge >= 0.3 is 0 Å². The van der Waals surface area contributed by atoms with Gasteiger partial charge in [-0.25, -0.2) is 18.4 Å². The predicted molar refractivity (Wildman–Crippen MR) is 96.2 cm³/mol. The first-order valence-electron chi connectivity index (χ1n) is 8.10. The molecule has 3 heterocycles. The highest BCUT2D eigenvalue weighted by Crippen LogP contribution is 2.37. The Morgan fingerprint density at radius 3 is 2.70 bits per heavy atom. The molecule has 4 rings (SSSR count). The quantitative estimate of drug-likeness (QED) is 0.688. The van der Waals surface area contributed by atoms with Crippen LogP contribution in [0.15, 0.2) is 29.0 Å². The van der Waals surface area contributed by atoms with Gasteiger partial charge in [-0.05, 0) is 25.0 Å². The summed E-state index contributed by atoms with van der Waals surface area (Å²) in [6, 6.07) is 3.15. The maximum atomic E-state index is 13.8. The monoisotopic (exact) mass is 416 g/mol. The summed E-state index contributed by atoms with van der Waals surface area (Å²) in [5.74, 6) is 0.376. The molecule has 144 valence electrons. The average molecular weight is 417 g/mol. The Hall–Kier alpha value is -2.10.